The third-order valence-corrected chi connectivity index (χ3v) is 4.47. The molecule has 25 heavy (non-hydrogen) atoms. The number of aryl methyl sites for hydroxylation is 1. The van der Waals surface area contributed by atoms with Crippen LogP contribution in [0.3, 0.4) is 0 Å². The molecule has 2 atom stereocenters. The molecule has 1 aliphatic rings. The van der Waals surface area contributed by atoms with Crippen molar-refractivity contribution in [3.8, 4) is 11.5 Å². The van der Waals surface area contributed by atoms with Crippen molar-refractivity contribution in [2.45, 2.75) is 51.4 Å². The summed E-state index contributed by atoms with van der Waals surface area (Å²) in [5, 5.41) is 0. The molecule has 3 rings (SSSR count). The highest BCUT2D eigenvalue weighted by atomic mass is 19.1. The second-order valence-electron chi connectivity index (χ2n) is 6.37. The van der Waals surface area contributed by atoms with Crippen molar-refractivity contribution in [1.82, 2.24) is 4.98 Å². The quantitative estimate of drug-likeness (QED) is 0.675. The summed E-state index contributed by atoms with van der Waals surface area (Å²) in [7, 11) is 0. The van der Waals surface area contributed by atoms with Crippen LogP contribution >= 0.6 is 0 Å². The second kappa shape index (κ2) is 8.41. The number of benzene rings is 1. The molecule has 0 N–H and O–H groups in total. The van der Waals surface area contributed by atoms with Crippen LogP contribution in [0.5, 0.6) is 0 Å². The van der Waals surface area contributed by atoms with Gasteiger partial charge in [0.05, 0.1) is 25.4 Å². The topological polar surface area (TPSA) is 44.5 Å². The molecule has 0 saturated heterocycles. The first-order chi connectivity index (χ1) is 12.2. The lowest BCUT2D eigenvalue weighted by molar-refractivity contribution is -0.0448. The molecule has 0 bridgehead atoms. The monoisotopic (exact) mass is 345 g/mol. The van der Waals surface area contributed by atoms with Crippen LogP contribution in [0.25, 0.3) is 11.5 Å². The number of ether oxygens (including phenoxy) is 2. The van der Waals surface area contributed by atoms with Gasteiger partial charge in [-0.2, -0.15) is 0 Å². The third-order valence-electron chi connectivity index (χ3n) is 4.47. The summed E-state index contributed by atoms with van der Waals surface area (Å²) in [6.45, 7) is 6.55. The SMILES string of the molecule is C=CCO[C@H]1CCC[C@@H](OCc2nc(-c3ccc(F)cc3)oc2C)C1. The lowest BCUT2D eigenvalue weighted by Crippen LogP contribution is -2.28. The highest BCUT2D eigenvalue weighted by Crippen LogP contribution is 2.26. The summed E-state index contributed by atoms with van der Waals surface area (Å²) in [4.78, 5) is 4.50. The van der Waals surface area contributed by atoms with Gasteiger partial charge in [0.2, 0.25) is 5.89 Å². The molecular formula is C20H24FNO3. The molecule has 2 aromatic rings. The number of aromatic nitrogens is 1. The van der Waals surface area contributed by atoms with Crippen LogP contribution < -0.4 is 0 Å². The van der Waals surface area contributed by atoms with Gasteiger partial charge in [0.25, 0.3) is 0 Å². The van der Waals surface area contributed by atoms with Gasteiger partial charge in [-0.3, -0.25) is 0 Å². The van der Waals surface area contributed by atoms with Crippen molar-refractivity contribution in [1.29, 1.82) is 0 Å². The van der Waals surface area contributed by atoms with E-state index in [0.717, 1.165) is 42.7 Å². The largest absolute Gasteiger partial charge is 0.441 e. The average Bonchev–Trinajstić information content (AvgIpc) is 3.00. The van der Waals surface area contributed by atoms with Crippen molar-refractivity contribution in [3.05, 3.63) is 54.2 Å². The third kappa shape index (κ3) is 4.77. The predicted molar refractivity (Wildman–Crippen MR) is 93.6 cm³/mol. The Morgan fingerprint density at radius 3 is 2.68 bits per heavy atom. The highest BCUT2D eigenvalue weighted by Gasteiger charge is 2.23. The van der Waals surface area contributed by atoms with E-state index in [0.29, 0.717) is 19.1 Å². The van der Waals surface area contributed by atoms with E-state index in [-0.39, 0.29) is 18.0 Å². The summed E-state index contributed by atoms with van der Waals surface area (Å²) < 4.78 is 30.5. The van der Waals surface area contributed by atoms with Crippen molar-refractivity contribution < 1.29 is 18.3 Å². The second-order valence-corrected chi connectivity index (χ2v) is 6.37. The summed E-state index contributed by atoms with van der Waals surface area (Å²) in [6, 6.07) is 6.12. The van der Waals surface area contributed by atoms with Crippen LogP contribution in [-0.2, 0) is 16.1 Å². The number of rotatable bonds is 7. The average molecular weight is 345 g/mol. The van der Waals surface area contributed by atoms with Gasteiger partial charge in [0.1, 0.15) is 17.3 Å². The molecule has 4 nitrogen and oxygen atoms in total. The Kier molecular flexibility index (Phi) is 6.00. The molecule has 0 radical (unpaired) electrons. The van der Waals surface area contributed by atoms with E-state index in [4.69, 9.17) is 13.9 Å². The Morgan fingerprint density at radius 2 is 1.96 bits per heavy atom. The summed E-state index contributed by atoms with van der Waals surface area (Å²) >= 11 is 0. The van der Waals surface area contributed by atoms with Crippen LogP contribution in [0.1, 0.15) is 37.1 Å². The minimum atomic E-state index is -0.277. The lowest BCUT2D eigenvalue weighted by atomic mass is 9.95. The molecular weight excluding hydrogens is 321 g/mol. The van der Waals surface area contributed by atoms with Crippen LogP contribution in [0, 0.1) is 12.7 Å². The molecule has 1 fully saturated rings. The predicted octanol–water partition coefficient (Wildman–Crippen LogP) is 4.82. The summed E-state index contributed by atoms with van der Waals surface area (Å²) in [6.07, 6.45) is 6.31. The number of hydrogen-bond acceptors (Lipinski definition) is 4. The fraction of sp³-hybridized carbons (Fsp3) is 0.450. The van der Waals surface area contributed by atoms with Gasteiger partial charge in [0, 0.05) is 5.56 Å². The van der Waals surface area contributed by atoms with Gasteiger partial charge < -0.3 is 13.9 Å². The number of hydrogen-bond donors (Lipinski definition) is 0. The van der Waals surface area contributed by atoms with Crippen molar-refractivity contribution in [2.24, 2.45) is 0 Å². The molecule has 1 aromatic carbocycles. The minimum absolute atomic E-state index is 0.175. The van der Waals surface area contributed by atoms with Crippen LogP contribution in [0.15, 0.2) is 41.3 Å². The maximum absolute atomic E-state index is 13.0. The minimum Gasteiger partial charge on any atom is -0.441 e. The van der Waals surface area contributed by atoms with Crippen molar-refractivity contribution in [2.75, 3.05) is 6.61 Å². The van der Waals surface area contributed by atoms with Gasteiger partial charge in [-0.15, -0.1) is 6.58 Å². The molecule has 1 saturated carbocycles. The first kappa shape index (κ1) is 17.8. The van der Waals surface area contributed by atoms with Crippen molar-refractivity contribution >= 4 is 0 Å². The van der Waals surface area contributed by atoms with Crippen LogP contribution in [0.2, 0.25) is 0 Å². The molecule has 134 valence electrons. The van der Waals surface area contributed by atoms with E-state index < -0.39 is 0 Å². The summed E-state index contributed by atoms with van der Waals surface area (Å²) in [5.74, 6) is 0.947. The van der Waals surface area contributed by atoms with E-state index in [1.165, 1.54) is 12.1 Å². The van der Waals surface area contributed by atoms with E-state index in [9.17, 15) is 4.39 Å². The normalized spacial score (nSPS) is 20.6. The van der Waals surface area contributed by atoms with Gasteiger partial charge in [-0.05, 0) is 56.9 Å². The van der Waals surface area contributed by atoms with Gasteiger partial charge in [-0.1, -0.05) is 6.08 Å². The van der Waals surface area contributed by atoms with E-state index in [1.807, 2.05) is 6.92 Å². The fourth-order valence-corrected chi connectivity index (χ4v) is 3.08. The standard InChI is InChI=1S/C20H24FNO3/c1-3-11-23-17-5-4-6-18(12-17)24-13-19-14(2)25-20(22-19)15-7-9-16(21)10-8-15/h3,7-10,17-18H,1,4-6,11-13H2,2H3/t17-,18+/m0/s1. The van der Waals surface area contributed by atoms with E-state index in [2.05, 4.69) is 11.6 Å². The maximum atomic E-state index is 13.0. The number of oxazole rings is 1. The Balaban J connectivity index is 1.58. The Hall–Kier alpha value is -1.98. The summed E-state index contributed by atoms with van der Waals surface area (Å²) in [5.41, 5.74) is 1.54. The smallest absolute Gasteiger partial charge is 0.226 e. The number of nitrogens with zero attached hydrogens (tertiary/aromatic N) is 1. The zero-order chi connectivity index (χ0) is 17.6. The molecule has 0 spiro atoms. The highest BCUT2D eigenvalue weighted by molar-refractivity contribution is 5.53. The van der Waals surface area contributed by atoms with Gasteiger partial charge >= 0.3 is 0 Å². The van der Waals surface area contributed by atoms with Crippen molar-refractivity contribution in [3.63, 3.8) is 0 Å². The molecule has 0 unspecified atom stereocenters. The fourth-order valence-electron chi connectivity index (χ4n) is 3.08. The van der Waals surface area contributed by atoms with E-state index >= 15 is 0 Å². The van der Waals surface area contributed by atoms with E-state index in [1.54, 1.807) is 18.2 Å². The van der Waals surface area contributed by atoms with Crippen LogP contribution in [-0.4, -0.2) is 23.8 Å². The molecule has 1 heterocycles. The molecule has 5 heteroatoms. The van der Waals surface area contributed by atoms with Gasteiger partial charge in [0.15, 0.2) is 0 Å². The zero-order valence-electron chi connectivity index (χ0n) is 14.5. The Labute approximate surface area is 147 Å². The molecule has 1 aromatic heterocycles. The zero-order valence-corrected chi connectivity index (χ0v) is 14.5. The first-order valence-corrected chi connectivity index (χ1v) is 8.72. The molecule has 1 aliphatic carbocycles. The van der Waals surface area contributed by atoms with Crippen LogP contribution in [0.4, 0.5) is 4.39 Å². The molecule has 0 aliphatic heterocycles. The Morgan fingerprint density at radius 1 is 1.24 bits per heavy atom. The number of halogens is 1. The molecule has 0 amide bonds. The first-order valence-electron chi connectivity index (χ1n) is 8.72. The Bertz CT molecular complexity index is 695. The van der Waals surface area contributed by atoms with Gasteiger partial charge in [-0.25, -0.2) is 9.37 Å². The maximum Gasteiger partial charge on any atom is 0.226 e. The lowest BCUT2D eigenvalue weighted by Gasteiger charge is -2.28.